The molecule has 0 unspecified atom stereocenters. The van der Waals surface area contributed by atoms with Crippen LogP contribution in [-0.2, 0) is 10.8 Å². The second-order valence-corrected chi connectivity index (χ2v) is 20.6. The van der Waals surface area contributed by atoms with Crippen molar-refractivity contribution in [1.82, 2.24) is 0 Å². The van der Waals surface area contributed by atoms with Gasteiger partial charge in [-0.05, 0) is 131 Å². The van der Waals surface area contributed by atoms with Crippen molar-refractivity contribution < 1.29 is 0 Å². The number of nitrogens with zero attached hydrogens (tertiary/aromatic N) is 1. The van der Waals surface area contributed by atoms with Gasteiger partial charge < -0.3 is 4.90 Å². The number of thiophene rings is 1. The van der Waals surface area contributed by atoms with E-state index >= 15 is 0 Å². The van der Waals surface area contributed by atoms with Gasteiger partial charge in [-0.3, -0.25) is 0 Å². The van der Waals surface area contributed by atoms with E-state index < -0.39 is 5.41 Å². The largest absolute Gasteiger partial charge is 0.310 e. The van der Waals surface area contributed by atoms with Crippen molar-refractivity contribution in [2.24, 2.45) is 0 Å². The van der Waals surface area contributed by atoms with Gasteiger partial charge in [-0.1, -0.05) is 226 Å². The first-order valence-corrected chi connectivity index (χ1v) is 25.2. The molecule has 0 fully saturated rings. The molecule has 0 saturated heterocycles. The summed E-state index contributed by atoms with van der Waals surface area (Å²) in [5, 5.41) is 0. The Bertz CT molecular complexity index is 3780. The van der Waals surface area contributed by atoms with E-state index in [1.165, 1.54) is 110 Å². The average molecular weight is 910 g/mol. The summed E-state index contributed by atoms with van der Waals surface area (Å²) in [6.45, 7) is 4.72. The molecular weight excluding hydrogens is 863 g/mol. The third kappa shape index (κ3) is 5.90. The summed E-state index contributed by atoms with van der Waals surface area (Å²) in [4.78, 5) is 5.06. The molecule has 0 saturated carbocycles. The van der Waals surface area contributed by atoms with Crippen molar-refractivity contribution in [2.45, 2.75) is 24.7 Å². The third-order valence-corrected chi connectivity index (χ3v) is 16.8. The van der Waals surface area contributed by atoms with Gasteiger partial charge in [0.25, 0.3) is 0 Å². The van der Waals surface area contributed by atoms with Crippen LogP contribution in [0.3, 0.4) is 0 Å². The summed E-state index contributed by atoms with van der Waals surface area (Å²) in [5.74, 6) is 0. The predicted octanol–water partition coefficient (Wildman–Crippen LogP) is 18.5. The fraction of sp³-hybridized carbons (Fsp3) is 0.0588. The van der Waals surface area contributed by atoms with Crippen molar-refractivity contribution in [2.75, 3.05) is 4.90 Å². The fourth-order valence-corrected chi connectivity index (χ4v) is 13.7. The molecule has 1 nitrogen and oxygen atoms in total. The number of hydrogen-bond donors (Lipinski definition) is 0. The molecule has 2 heteroatoms. The zero-order valence-electron chi connectivity index (χ0n) is 39.0. The summed E-state index contributed by atoms with van der Waals surface area (Å²) in [6, 6.07) is 92.5. The van der Waals surface area contributed by atoms with Gasteiger partial charge >= 0.3 is 0 Å². The van der Waals surface area contributed by atoms with Crippen LogP contribution in [0.25, 0.3) is 76.5 Å². The maximum atomic E-state index is 2.42. The van der Waals surface area contributed by atoms with E-state index in [1.54, 1.807) is 0 Å². The van der Waals surface area contributed by atoms with Gasteiger partial charge in [0.15, 0.2) is 0 Å². The van der Waals surface area contributed by atoms with Crippen molar-refractivity contribution in [3.63, 3.8) is 0 Å². The lowest BCUT2D eigenvalue weighted by molar-refractivity contribution is 0.660. The lowest BCUT2D eigenvalue weighted by Crippen LogP contribution is -2.26. The minimum Gasteiger partial charge on any atom is -0.310 e. The molecule has 0 radical (unpaired) electrons. The van der Waals surface area contributed by atoms with Gasteiger partial charge in [-0.25, -0.2) is 0 Å². The summed E-state index contributed by atoms with van der Waals surface area (Å²) in [6.07, 6.45) is 0. The number of rotatable bonds is 7. The molecular formula is C68H47NS. The maximum absolute atomic E-state index is 2.42. The lowest BCUT2D eigenvalue weighted by atomic mass is 9.70. The van der Waals surface area contributed by atoms with E-state index in [0.29, 0.717) is 0 Å². The van der Waals surface area contributed by atoms with Crippen molar-refractivity contribution in [3.05, 3.63) is 282 Å². The zero-order chi connectivity index (χ0) is 46.6. The smallest absolute Gasteiger partial charge is 0.0740 e. The molecule has 70 heavy (non-hydrogen) atoms. The molecule has 0 bridgehead atoms. The van der Waals surface area contributed by atoms with Gasteiger partial charge in [0.2, 0.25) is 0 Å². The molecule has 3 aliphatic rings. The van der Waals surface area contributed by atoms with Crippen LogP contribution in [-0.4, -0.2) is 0 Å². The highest BCUT2D eigenvalue weighted by Crippen LogP contribution is 2.68. The van der Waals surface area contributed by atoms with E-state index in [4.69, 9.17) is 0 Å². The van der Waals surface area contributed by atoms with Crippen LogP contribution in [0.5, 0.6) is 0 Å². The van der Waals surface area contributed by atoms with Gasteiger partial charge in [0.05, 0.1) is 5.41 Å². The molecule has 3 aliphatic carbocycles. The van der Waals surface area contributed by atoms with Crippen LogP contribution in [0.2, 0.25) is 0 Å². The van der Waals surface area contributed by atoms with Gasteiger partial charge in [0, 0.05) is 37.8 Å². The molecule has 330 valence electrons. The Balaban J connectivity index is 0.863. The van der Waals surface area contributed by atoms with E-state index in [-0.39, 0.29) is 5.41 Å². The highest BCUT2D eigenvalue weighted by Gasteiger charge is 2.54. The van der Waals surface area contributed by atoms with E-state index in [2.05, 4.69) is 267 Å². The Morgan fingerprint density at radius 3 is 1.23 bits per heavy atom. The number of hydrogen-bond acceptors (Lipinski definition) is 2. The van der Waals surface area contributed by atoms with Gasteiger partial charge in [-0.15, -0.1) is 11.3 Å². The van der Waals surface area contributed by atoms with Gasteiger partial charge in [0.1, 0.15) is 0 Å². The van der Waals surface area contributed by atoms with Gasteiger partial charge in [-0.2, -0.15) is 0 Å². The Morgan fingerprint density at radius 1 is 0.300 bits per heavy atom. The molecule has 0 atom stereocenters. The summed E-state index contributed by atoms with van der Waals surface area (Å²) in [7, 11) is 0. The molecule has 11 aromatic rings. The lowest BCUT2D eigenvalue weighted by Gasteiger charge is -2.31. The number of fused-ring (bicyclic) bond motifs is 13. The first-order chi connectivity index (χ1) is 34.5. The predicted molar refractivity (Wildman–Crippen MR) is 295 cm³/mol. The van der Waals surface area contributed by atoms with Crippen molar-refractivity contribution >= 4 is 28.4 Å². The minimum atomic E-state index is -0.417. The average Bonchev–Trinajstić information content (AvgIpc) is 4.13. The SMILES string of the molecule is CC1(C)c2ccccc2-c2ccc(N(c3ccc(-c4ccccc4)cc3)c3ccc(-c4ccc(-c5sc(-c6ccccc6)c6c5-c5ccccc5C65c6ccccc6-c6ccccc65)cc4)cc3)cc21. The normalized spacial score (nSPS) is 13.8. The molecule has 0 N–H and O–H groups in total. The second kappa shape index (κ2) is 15.6. The van der Waals surface area contributed by atoms with Crippen LogP contribution >= 0.6 is 11.3 Å². The Morgan fingerprint density at radius 2 is 0.671 bits per heavy atom. The minimum absolute atomic E-state index is 0.106. The van der Waals surface area contributed by atoms with Crippen LogP contribution in [0.15, 0.2) is 249 Å². The molecule has 1 aromatic heterocycles. The number of anilines is 3. The standard InChI is InChI=1S/C68H47NS/c1-67(2)58-25-13-9-21-53(58)56-42-41-52(43-62(56)67)69(50-37-33-46(34-38-50)44-17-5-3-6-18-44)51-39-35-47(36-40-51)45-29-31-49(32-30-45)65-63-57-24-12-16-28-61(57)68(64(63)66(70-65)48-19-7-4-8-20-48)59-26-14-10-22-54(59)55-23-11-15-27-60(55)68/h3-43H,1-2H3. The van der Waals surface area contributed by atoms with Crippen molar-refractivity contribution in [1.29, 1.82) is 0 Å². The number of benzene rings is 10. The summed E-state index contributed by atoms with van der Waals surface area (Å²) < 4.78 is 0. The highest BCUT2D eigenvalue weighted by atomic mass is 32.1. The van der Waals surface area contributed by atoms with Crippen molar-refractivity contribution in [3.8, 4) is 76.5 Å². The van der Waals surface area contributed by atoms with E-state index in [9.17, 15) is 0 Å². The Labute approximate surface area is 414 Å². The maximum Gasteiger partial charge on any atom is 0.0740 e. The highest BCUT2D eigenvalue weighted by molar-refractivity contribution is 7.19. The molecule has 1 spiro atoms. The Hall–Kier alpha value is -8.30. The van der Waals surface area contributed by atoms with Crippen LogP contribution in [0.4, 0.5) is 17.1 Å². The quantitative estimate of drug-likeness (QED) is 0.154. The van der Waals surface area contributed by atoms with Crippen LogP contribution in [0.1, 0.15) is 47.2 Å². The first-order valence-electron chi connectivity index (χ1n) is 24.4. The fourth-order valence-electron chi connectivity index (χ4n) is 12.3. The topological polar surface area (TPSA) is 3.24 Å². The van der Waals surface area contributed by atoms with E-state index in [1.807, 2.05) is 11.3 Å². The Kier molecular flexibility index (Phi) is 9.09. The summed E-state index contributed by atoms with van der Waals surface area (Å²) in [5.41, 5.74) is 26.4. The molecule has 14 rings (SSSR count). The van der Waals surface area contributed by atoms with E-state index in [0.717, 1.165) is 17.1 Å². The molecule has 0 aliphatic heterocycles. The second-order valence-electron chi connectivity index (χ2n) is 19.5. The molecule has 1 heterocycles. The zero-order valence-corrected chi connectivity index (χ0v) is 39.8. The monoisotopic (exact) mass is 909 g/mol. The van der Waals surface area contributed by atoms with Crippen LogP contribution < -0.4 is 4.90 Å². The third-order valence-electron chi connectivity index (χ3n) is 15.5. The van der Waals surface area contributed by atoms with Crippen LogP contribution in [0, 0.1) is 0 Å². The first kappa shape index (κ1) is 40.7. The molecule has 0 amide bonds. The summed E-state index contributed by atoms with van der Waals surface area (Å²) >= 11 is 1.94. The molecule has 10 aromatic carbocycles.